The molecule has 1 aliphatic carbocycles. The average Bonchev–Trinajstić information content (AvgIpc) is 3.19. The van der Waals surface area contributed by atoms with Gasteiger partial charge in [0.05, 0.1) is 41.7 Å². The van der Waals surface area contributed by atoms with Crippen LogP contribution in [0.3, 0.4) is 0 Å². The maximum atomic E-state index is 12.8. The Morgan fingerprint density at radius 3 is 1.68 bits per heavy atom. The summed E-state index contributed by atoms with van der Waals surface area (Å²) in [7, 11) is 6.72. The highest BCUT2D eigenvalue weighted by Crippen LogP contribution is 2.53. The molecule has 1 fully saturated rings. The molecule has 8 nitrogen and oxygen atoms in total. The molecule has 0 saturated heterocycles. The minimum absolute atomic E-state index is 0.00931. The normalized spacial score (nSPS) is 19.1. The van der Waals surface area contributed by atoms with E-state index < -0.39 is 18.0 Å². The summed E-state index contributed by atoms with van der Waals surface area (Å²) in [6.07, 6.45) is 2.62. The summed E-state index contributed by atoms with van der Waals surface area (Å²) >= 11 is 0. The lowest BCUT2D eigenvalue weighted by Gasteiger charge is -2.32. The summed E-state index contributed by atoms with van der Waals surface area (Å²) in [5.74, 6) is -1.04. The number of benzene rings is 1. The predicted molar refractivity (Wildman–Crippen MR) is 114 cm³/mol. The average molecular weight is 439 g/mol. The van der Waals surface area contributed by atoms with E-state index in [1.807, 2.05) is 0 Å². The summed E-state index contributed by atoms with van der Waals surface area (Å²) in [4.78, 5) is 25.6. The molecule has 1 aromatic rings. The van der Waals surface area contributed by atoms with Crippen molar-refractivity contribution in [2.45, 2.75) is 51.6 Å². The van der Waals surface area contributed by atoms with Crippen molar-refractivity contribution in [3.05, 3.63) is 16.7 Å². The fourth-order valence-corrected chi connectivity index (χ4v) is 4.70. The van der Waals surface area contributed by atoms with Gasteiger partial charge in [-0.3, -0.25) is 0 Å². The number of aliphatic hydroxyl groups excluding tert-OH is 1. The van der Waals surface area contributed by atoms with Crippen LogP contribution in [0.15, 0.2) is 0 Å². The van der Waals surface area contributed by atoms with Gasteiger partial charge in [-0.1, -0.05) is 20.3 Å². The van der Waals surface area contributed by atoms with Gasteiger partial charge in [-0.25, -0.2) is 9.59 Å². The van der Waals surface area contributed by atoms with Gasteiger partial charge < -0.3 is 28.8 Å². The monoisotopic (exact) mass is 438 g/mol. The molecule has 0 spiro atoms. The Morgan fingerprint density at radius 1 is 0.871 bits per heavy atom. The summed E-state index contributed by atoms with van der Waals surface area (Å²) in [6, 6.07) is 0. The number of esters is 2. The smallest absolute Gasteiger partial charge is 0.345 e. The van der Waals surface area contributed by atoms with Crippen molar-refractivity contribution in [2.24, 2.45) is 11.8 Å². The van der Waals surface area contributed by atoms with E-state index in [9.17, 15) is 14.7 Å². The highest BCUT2D eigenvalue weighted by atomic mass is 16.5. The Hall–Kier alpha value is -2.48. The molecule has 8 heteroatoms. The van der Waals surface area contributed by atoms with E-state index in [2.05, 4.69) is 13.8 Å². The third-order valence-electron chi connectivity index (χ3n) is 5.93. The maximum Gasteiger partial charge on any atom is 0.345 e. The molecule has 0 aromatic heterocycles. The Kier molecular flexibility index (Phi) is 8.56. The first kappa shape index (κ1) is 24.8. The largest absolute Gasteiger partial charge is 0.495 e. The fourth-order valence-electron chi connectivity index (χ4n) is 4.70. The third kappa shape index (κ3) is 4.74. The molecule has 31 heavy (non-hydrogen) atoms. The van der Waals surface area contributed by atoms with Crippen LogP contribution in [0, 0.1) is 11.8 Å². The van der Waals surface area contributed by atoms with Gasteiger partial charge >= 0.3 is 11.9 Å². The van der Waals surface area contributed by atoms with E-state index in [0.717, 1.165) is 12.8 Å². The number of rotatable bonds is 9. The van der Waals surface area contributed by atoms with E-state index in [1.165, 1.54) is 35.5 Å². The quantitative estimate of drug-likeness (QED) is 0.584. The van der Waals surface area contributed by atoms with Gasteiger partial charge in [-0.05, 0) is 37.0 Å². The van der Waals surface area contributed by atoms with Crippen LogP contribution < -0.4 is 14.2 Å². The number of aliphatic hydroxyl groups is 1. The molecule has 1 unspecified atom stereocenters. The first-order valence-electron chi connectivity index (χ1n) is 10.5. The zero-order chi connectivity index (χ0) is 23.3. The van der Waals surface area contributed by atoms with Crippen LogP contribution in [0.25, 0.3) is 0 Å². The summed E-state index contributed by atoms with van der Waals surface area (Å²) < 4.78 is 26.9. The first-order valence-corrected chi connectivity index (χ1v) is 10.5. The molecule has 0 aliphatic heterocycles. The summed E-state index contributed by atoms with van der Waals surface area (Å²) in [5, 5.41) is 10.7. The van der Waals surface area contributed by atoms with Crippen LogP contribution in [-0.4, -0.2) is 58.7 Å². The van der Waals surface area contributed by atoms with Gasteiger partial charge in [-0.2, -0.15) is 0 Å². The molecular formula is C23H34O8. The number of carbonyl (C=O) groups excluding carboxylic acids is 2. The third-order valence-corrected chi connectivity index (χ3v) is 5.93. The van der Waals surface area contributed by atoms with Crippen LogP contribution in [0.2, 0.25) is 0 Å². The topological polar surface area (TPSA) is 101 Å². The summed E-state index contributed by atoms with van der Waals surface area (Å²) in [5.41, 5.74) is 0.529. The van der Waals surface area contributed by atoms with Crippen molar-refractivity contribution < 1.29 is 38.4 Å². The molecule has 1 saturated carbocycles. The first-order chi connectivity index (χ1) is 14.8. The van der Waals surface area contributed by atoms with Crippen molar-refractivity contribution in [2.75, 3.05) is 35.5 Å². The van der Waals surface area contributed by atoms with Crippen LogP contribution in [0.4, 0.5) is 0 Å². The number of hydrogen-bond donors (Lipinski definition) is 1. The van der Waals surface area contributed by atoms with E-state index in [1.54, 1.807) is 0 Å². The lowest BCUT2D eigenvalue weighted by Crippen LogP contribution is -2.25. The molecule has 0 heterocycles. The molecule has 0 radical (unpaired) electrons. The lowest BCUT2D eigenvalue weighted by atomic mass is 9.76. The number of ether oxygens (including phenoxy) is 5. The fraction of sp³-hybridized carbons (Fsp3) is 0.652. The van der Waals surface area contributed by atoms with Gasteiger partial charge in [0.25, 0.3) is 0 Å². The Labute approximate surface area is 183 Å². The van der Waals surface area contributed by atoms with Gasteiger partial charge in [0.1, 0.15) is 22.6 Å². The van der Waals surface area contributed by atoms with Crippen LogP contribution >= 0.6 is 0 Å². The maximum absolute atomic E-state index is 12.8. The highest BCUT2D eigenvalue weighted by molar-refractivity contribution is 6.05. The van der Waals surface area contributed by atoms with Crippen molar-refractivity contribution in [1.29, 1.82) is 0 Å². The van der Waals surface area contributed by atoms with E-state index in [0.29, 0.717) is 18.4 Å². The lowest BCUT2D eigenvalue weighted by molar-refractivity contribution is 0.0585. The number of carbonyl (C=O) groups is 2. The van der Waals surface area contributed by atoms with Crippen LogP contribution in [-0.2, 0) is 9.47 Å². The van der Waals surface area contributed by atoms with Gasteiger partial charge in [0, 0.05) is 5.56 Å². The van der Waals surface area contributed by atoms with Crippen LogP contribution in [0.1, 0.15) is 71.7 Å². The second kappa shape index (κ2) is 10.7. The molecule has 1 aromatic carbocycles. The van der Waals surface area contributed by atoms with E-state index in [-0.39, 0.29) is 46.1 Å². The van der Waals surface area contributed by atoms with E-state index in [4.69, 9.17) is 23.7 Å². The Morgan fingerprint density at radius 2 is 1.35 bits per heavy atom. The molecule has 0 bridgehead atoms. The molecule has 1 aliphatic rings. The molecule has 3 atom stereocenters. The second-order valence-electron chi connectivity index (χ2n) is 8.14. The molecule has 0 amide bonds. The van der Waals surface area contributed by atoms with Gasteiger partial charge in [0.2, 0.25) is 0 Å². The molecular weight excluding hydrogens is 404 g/mol. The van der Waals surface area contributed by atoms with Crippen LogP contribution in [0.5, 0.6) is 17.2 Å². The van der Waals surface area contributed by atoms with Crippen molar-refractivity contribution >= 4 is 11.9 Å². The predicted octanol–water partition coefficient (Wildman–Crippen LogP) is 3.58. The highest BCUT2D eigenvalue weighted by Gasteiger charge is 2.42. The molecule has 174 valence electrons. The Bertz CT molecular complexity index is 756. The van der Waals surface area contributed by atoms with Crippen molar-refractivity contribution in [1.82, 2.24) is 0 Å². The number of methoxy groups -OCH3 is 5. The van der Waals surface area contributed by atoms with Gasteiger partial charge in [-0.15, -0.1) is 0 Å². The molecule has 1 N–H and O–H groups in total. The zero-order valence-corrected chi connectivity index (χ0v) is 19.4. The standard InChI is InChI=1S/C23H34O8/c1-12(2)11-14(13-9-8-10-15(13)24)16-19(27-3)17(22(25)30-6)21(29-5)18(20(16)28-4)23(26)31-7/h12-15,24H,8-11H2,1-7H3/t13-,14-,15?/m1/s1. The number of hydrogen-bond acceptors (Lipinski definition) is 8. The minimum atomic E-state index is -0.710. The summed E-state index contributed by atoms with van der Waals surface area (Å²) in [6.45, 7) is 4.17. The zero-order valence-electron chi connectivity index (χ0n) is 19.4. The molecule has 2 rings (SSSR count). The minimum Gasteiger partial charge on any atom is -0.495 e. The van der Waals surface area contributed by atoms with E-state index >= 15 is 0 Å². The van der Waals surface area contributed by atoms with Gasteiger partial charge in [0.15, 0.2) is 5.75 Å². The van der Waals surface area contributed by atoms with Crippen molar-refractivity contribution in [3.8, 4) is 17.2 Å². The Balaban J connectivity index is 2.99. The second-order valence-corrected chi connectivity index (χ2v) is 8.14. The SMILES string of the molecule is COC(=O)c1c(OC)c(C(=O)OC)c(OC)c([C@H](CC(C)C)[C@H]2CCCC2O)c1OC. The van der Waals surface area contributed by atoms with Crippen molar-refractivity contribution in [3.63, 3.8) is 0 Å².